The lowest BCUT2D eigenvalue weighted by molar-refractivity contribution is 0.669. The van der Waals surface area contributed by atoms with Gasteiger partial charge in [-0.3, -0.25) is 0 Å². The van der Waals surface area contributed by atoms with E-state index in [1.54, 1.807) is 0 Å². The summed E-state index contributed by atoms with van der Waals surface area (Å²) in [6.07, 6.45) is 0. The Bertz CT molecular complexity index is 2830. The Hall–Kier alpha value is -6.16. The molecule has 230 valence electrons. The van der Waals surface area contributed by atoms with Crippen molar-refractivity contribution in [3.8, 4) is 22.3 Å². The quantitative estimate of drug-likeness (QED) is 0.186. The first-order valence-electron chi connectivity index (χ1n) is 16.6. The van der Waals surface area contributed by atoms with Crippen LogP contribution in [0.5, 0.6) is 0 Å². The standard InChI is InChI=1S/C46H29NOS/c1-3-12-30(13-4-1)33-17-9-18-34(28-33)47(35-25-27-38-37-19-7-8-22-41(37)48-42(38)29-35)40-21-10-16-32-24-26-39-45-36(31-14-5-2-6-15-31)20-11-23-43(45)49-46(39)44(32)40/h1-29H. The third-order valence-corrected chi connectivity index (χ3v) is 10.8. The predicted molar refractivity (Wildman–Crippen MR) is 210 cm³/mol. The first-order chi connectivity index (χ1) is 24.3. The normalized spacial score (nSPS) is 11.7. The second-order valence-corrected chi connectivity index (χ2v) is 13.5. The molecule has 0 aliphatic rings. The van der Waals surface area contributed by atoms with E-state index < -0.39 is 0 Å². The molecule has 0 radical (unpaired) electrons. The maximum absolute atomic E-state index is 6.44. The summed E-state index contributed by atoms with van der Waals surface area (Å²) in [4.78, 5) is 2.41. The van der Waals surface area contributed by atoms with Gasteiger partial charge in [0.05, 0.1) is 5.69 Å². The van der Waals surface area contributed by atoms with Crippen molar-refractivity contribution >= 4 is 81.3 Å². The second kappa shape index (κ2) is 11.2. The summed E-state index contributed by atoms with van der Waals surface area (Å²) in [5.74, 6) is 0. The molecule has 2 aromatic heterocycles. The Balaban J connectivity index is 1.26. The molecule has 0 aliphatic carbocycles. The minimum Gasteiger partial charge on any atom is -0.456 e. The van der Waals surface area contributed by atoms with Crippen LogP contribution in [0.1, 0.15) is 0 Å². The molecule has 0 unspecified atom stereocenters. The zero-order chi connectivity index (χ0) is 32.3. The highest BCUT2D eigenvalue weighted by Crippen LogP contribution is 2.48. The van der Waals surface area contributed by atoms with Crippen LogP contribution in [0.2, 0.25) is 0 Å². The second-order valence-electron chi connectivity index (χ2n) is 12.5. The van der Waals surface area contributed by atoms with E-state index in [0.29, 0.717) is 0 Å². The topological polar surface area (TPSA) is 16.4 Å². The molecule has 10 rings (SSSR count). The third-order valence-electron chi connectivity index (χ3n) is 9.64. The van der Waals surface area contributed by atoms with Crippen LogP contribution in [-0.4, -0.2) is 0 Å². The van der Waals surface area contributed by atoms with Gasteiger partial charge in [0.1, 0.15) is 11.2 Å². The summed E-state index contributed by atoms with van der Waals surface area (Å²) in [6, 6.07) is 63.1. The number of rotatable bonds is 5. The van der Waals surface area contributed by atoms with E-state index in [1.807, 2.05) is 23.5 Å². The molecular formula is C46H29NOS. The fourth-order valence-electron chi connectivity index (χ4n) is 7.41. The number of fused-ring (bicyclic) bond motifs is 8. The van der Waals surface area contributed by atoms with Crippen molar-refractivity contribution in [3.05, 3.63) is 176 Å². The lowest BCUT2D eigenvalue weighted by atomic mass is 9.97. The molecule has 0 amide bonds. The molecule has 2 nitrogen and oxygen atoms in total. The molecule has 0 spiro atoms. The molecule has 0 bridgehead atoms. The molecule has 2 heterocycles. The Morgan fingerprint density at radius 2 is 1.12 bits per heavy atom. The van der Waals surface area contributed by atoms with Crippen LogP contribution in [0.3, 0.4) is 0 Å². The van der Waals surface area contributed by atoms with E-state index in [1.165, 1.54) is 53.2 Å². The Kier molecular flexibility index (Phi) is 6.39. The first-order valence-corrected chi connectivity index (χ1v) is 17.4. The highest BCUT2D eigenvalue weighted by Gasteiger charge is 2.21. The van der Waals surface area contributed by atoms with Crippen molar-refractivity contribution < 1.29 is 4.42 Å². The molecular weight excluding hydrogens is 615 g/mol. The molecule has 0 fully saturated rings. The zero-order valence-corrected chi connectivity index (χ0v) is 27.3. The monoisotopic (exact) mass is 643 g/mol. The van der Waals surface area contributed by atoms with Gasteiger partial charge in [-0.1, -0.05) is 127 Å². The zero-order valence-electron chi connectivity index (χ0n) is 26.5. The van der Waals surface area contributed by atoms with Crippen molar-refractivity contribution in [1.82, 2.24) is 0 Å². The maximum Gasteiger partial charge on any atom is 0.137 e. The number of para-hydroxylation sites is 1. The molecule has 0 saturated carbocycles. The van der Waals surface area contributed by atoms with Crippen LogP contribution in [0.25, 0.3) is 75.1 Å². The molecule has 3 heteroatoms. The number of hydrogen-bond acceptors (Lipinski definition) is 3. The smallest absolute Gasteiger partial charge is 0.137 e. The van der Waals surface area contributed by atoms with E-state index in [9.17, 15) is 0 Å². The summed E-state index contributed by atoms with van der Waals surface area (Å²) in [7, 11) is 0. The van der Waals surface area contributed by atoms with Gasteiger partial charge in [-0.15, -0.1) is 11.3 Å². The Morgan fingerprint density at radius 1 is 0.429 bits per heavy atom. The average Bonchev–Trinajstić information content (AvgIpc) is 3.74. The number of benzene rings is 8. The van der Waals surface area contributed by atoms with Crippen LogP contribution in [-0.2, 0) is 0 Å². The fourth-order valence-corrected chi connectivity index (χ4v) is 8.71. The van der Waals surface area contributed by atoms with E-state index >= 15 is 0 Å². The van der Waals surface area contributed by atoms with Crippen molar-refractivity contribution in [2.75, 3.05) is 4.90 Å². The number of nitrogens with zero attached hydrogens (tertiary/aromatic N) is 1. The van der Waals surface area contributed by atoms with Gasteiger partial charge in [0.25, 0.3) is 0 Å². The molecule has 0 atom stereocenters. The molecule has 8 aromatic carbocycles. The number of hydrogen-bond donors (Lipinski definition) is 0. The van der Waals surface area contributed by atoms with Crippen LogP contribution in [0.15, 0.2) is 180 Å². The van der Waals surface area contributed by atoms with Crippen LogP contribution in [0, 0.1) is 0 Å². The van der Waals surface area contributed by atoms with Crippen molar-refractivity contribution in [2.24, 2.45) is 0 Å². The third kappa shape index (κ3) is 4.55. The van der Waals surface area contributed by atoms with E-state index in [4.69, 9.17) is 4.42 Å². The lowest BCUT2D eigenvalue weighted by Crippen LogP contribution is -2.10. The SMILES string of the molecule is c1ccc(-c2cccc(N(c3ccc4c(c3)oc3ccccc34)c3cccc4ccc5c(sc6cccc(-c7ccccc7)c65)c34)c2)cc1. The van der Waals surface area contributed by atoms with Crippen LogP contribution in [0.4, 0.5) is 17.1 Å². The van der Waals surface area contributed by atoms with Crippen molar-refractivity contribution in [1.29, 1.82) is 0 Å². The Morgan fingerprint density at radius 3 is 2.00 bits per heavy atom. The highest BCUT2D eigenvalue weighted by molar-refractivity contribution is 7.26. The van der Waals surface area contributed by atoms with Crippen molar-refractivity contribution in [3.63, 3.8) is 0 Å². The summed E-state index contributed by atoms with van der Waals surface area (Å²) >= 11 is 1.88. The minimum absolute atomic E-state index is 0.877. The van der Waals surface area contributed by atoms with Crippen LogP contribution >= 0.6 is 11.3 Å². The largest absolute Gasteiger partial charge is 0.456 e. The van der Waals surface area contributed by atoms with Gasteiger partial charge in [-0.05, 0) is 70.1 Å². The predicted octanol–water partition coefficient (Wildman–Crippen LogP) is 13.9. The maximum atomic E-state index is 6.44. The number of anilines is 3. The van der Waals surface area contributed by atoms with E-state index in [2.05, 4.69) is 169 Å². The van der Waals surface area contributed by atoms with E-state index in [0.717, 1.165) is 39.0 Å². The van der Waals surface area contributed by atoms with Gasteiger partial charge in [-0.2, -0.15) is 0 Å². The summed E-state index contributed by atoms with van der Waals surface area (Å²) in [5, 5.41) is 7.31. The molecule has 49 heavy (non-hydrogen) atoms. The molecule has 0 aliphatic heterocycles. The summed E-state index contributed by atoms with van der Waals surface area (Å²) < 4.78 is 9.02. The molecule has 0 saturated heterocycles. The highest BCUT2D eigenvalue weighted by atomic mass is 32.1. The summed E-state index contributed by atoms with van der Waals surface area (Å²) in [6.45, 7) is 0. The van der Waals surface area contributed by atoms with Gasteiger partial charge in [0, 0.05) is 53.8 Å². The van der Waals surface area contributed by atoms with Gasteiger partial charge >= 0.3 is 0 Å². The van der Waals surface area contributed by atoms with E-state index in [-0.39, 0.29) is 0 Å². The van der Waals surface area contributed by atoms with Gasteiger partial charge in [-0.25, -0.2) is 0 Å². The van der Waals surface area contributed by atoms with Gasteiger partial charge in [0.2, 0.25) is 0 Å². The first kappa shape index (κ1) is 27.9. The van der Waals surface area contributed by atoms with Gasteiger partial charge in [0.15, 0.2) is 0 Å². The minimum atomic E-state index is 0.877. The fraction of sp³-hybridized carbons (Fsp3) is 0. The number of furan rings is 1. The van der Waals surface area contributed by atoms with Crippen molar-refractivity contribution in [2.45, 2.75) is 0 Å². The average molecular weight is 644 g/mol. The summed E-state index contributed by atoms with van der Waals surface area (Å²) in [5.41, 5.74) is 9.92. The van der Waals surface area contributed by atoms with Gasteiger partial charge < -0.3 is 9.32 Å². The Labute approximate surface area is 287 Å². The molecule has 0 N–H and O–H groups in total. The van der Waals surface area contributed by atoms with Crippen LogP contribution < -0.4 is 4.90 Å². The molecule has 10 aromatic rings. The lowest BCUT2D eigenvalue weighted by Gasteiger charge is -2.27. The number of thiophene rings is 1.